The van der Waals surface area contributed by atoms with Gasteiger partial charge in [0.15, 0.2) is 5.60 Å². The predicted octanol–water partition coefficient (Wildman–Crippen LogP) is 3.62. The van der Waals surface area contributed by atoms with Crippen molar-refractivity contribution in [3.05, 3.63) is 81.4 Å². The Morgan fingerprint density at radius 2 is 1.96 bits per heavy atom. The molecule has 3 aromatic rings. The second-order valence-corrected chi connectivity index (χ2v) is 6.82. The molecule has 0 fully saturated rings. The number of thiophene rings is 1. The number of aryl methyl sites for hydroxylation is 2. The summed E-state index contributed by atoms with van der Waals surface area (Å²) >= 11 is 1.42. The Morgan fingerprint density at radius 1 is 1.21 bits per heavy atom. The highest BCUT2D eigenvalue weighted by Gasteiger charge is 2.36. The predicted molar refractivity (Wildman–Crippen MR) is 94.3 cm³/mol. The Hall–Kier alpha value is -2.37. The number of hydrogen-bond donors (Lipinski definition) is 2. The third-order valence-corrected chi connectivity index (χ3v) is 4.87. The number of rotatable bonds is 5. The molecule has 1 aromatic carbocycles. The van der Waals surface area contributed by atoms with Crippen molar-refractivity contribution in [3.8, 4) is 0 Å². The fourth-order valence-electron chi connectivity index (χ4n) is 2.74. The number of amides is 1. The highest BCUT2D eigenvalue weighted by Crippen LogP contribution is 2.32. The smallest absolute Gasteiger partial charge is 0.251 e. The first-order valence-electron chi connectivity index (χ1n) is 7.66. The van der Waals surface area contributed by atoms with Crippen molar-refractivity contribution in [2.45, 2.75) is 19.4 Å². The van der Waals surface area contributed by atoms with Gasteiger partial charge in [-0.05, 0) is 49.6 Å². The van der Waals surface area contributed by atoms with E-state index < -0.39 is 5.60 Å². The topological polar surface area (TPSA) is 62.5 Å². The zero-order valence-electron chi connectivity index (χ0n) is 13.6. The summed E-state index contributed by atoms with van der Waals surface area (Å²) in [5, 5.41) is 15.9. The Bertz CT molecular complexity index is 768. The van der Waals surface area contributed by atoms with Crippen molar-refractivity contribution in [2.24, 2.45) is 0 Å². The number of furan rings is 1. The van der Waals surface area contributed by atoms with E-state index in [0.29, 0.717) is 11.3 Å². The third-order valence-electron chi connectivity index (χ3n) is 3.85. The van der Waals surface area contributed by atoms with Gasteiger partial charge in [0.05, 0.1) is 12.8 Å². The minimum Gasteiger partial charge on any atom is -0.466 e. The average molecular weight is 341 g/mol. The molecule has 1 amide bonds. The Balaban J connectivity index is 1.83. The van der Waals surface area contributed by atoms with Crippen LogP contribution in [0.2, 0.25) is 0 Å². The molecule has 0 saturated carbocycles. The molecule has 2 heterocycles. The summed E-state index contributed by atoms with van der Waals surface area (Å²) in [7, 11) is 0. The first-order valence-corrected chi connectivity index (χ1v) is 8.54. The Labute approximate surface area is 144 Å². The summed E-state index contributed by atoms with van der Waals surface area (Å²) in [6, 6.07) is 12.8. The molecule has 0 aliphatic rings. The maximum atomic E-state index is 12.5. The summed E-state index contributed by atoms with van der Waals surface area (Å²) in [4.78, 5) is 13.2. The van der Waals surface area contributed by atoms with Crippen LogP contribution in [0.5, 0.6) is 0 Å². The summed E-state index contributed by atoms with van der Waals surface area (Å²) in [6.07, 6.45) is 1.51. The van der Waals surface area contributed by atoms with E-state index in [1.165, 1.54) is 17.6 Å². The molecule has 1 unspecified atom stereocenters. The molecule has 2 N–H and O–H groups in total. The zero-order chi connectivity index (χ0) is 17.2. The summed E-state index contributed by atoms with van der Waals surface area (Å²) in [6.45, 7) is 3.94. The molecule has 0 saturated heterocycles. The minimum absolute atomic E-state index is 0.0346. The van der Waals surface area contributed by atoms with Gasteiger partial charge in [0.1, 0.15) is 5.76 Å². The van der Waals surface area contributed by atoms with Crippen molar-refractivity contribution < 1.29 is 14.3 Å². The van der Waals surface area contributed by atoms with E-state index in [1.807, 2.05) is 49.6 Å². The standard InChI is InChI=1S/C19H19NO3S/c1-13-9-14(2)11-15(10-13)18(21)20-12-19(22,16-5-3-7-23-16)17-6-4-8-24-17/h3-11,22H,12H2,1-2H3,(H,20,21). The Kier molecular flexibility index (Phi) is 4.55. The number of nitrogens with one attached hydrogen (secondary N) is 1. The van der Waals surface area contributed by atoms with Crippen molar-refractivity contribution >= 4 is 17.2 Å². The van der Waals surface area contributed by atoms with E-state index in [1.54, 1.807) is 12.1 Å². The molecular weight excluding hydrogens is 322 g/mol. The van der Waals surface area contributed by atoms with Crippen molar-refractivity contribution in [2.75, 3.05) is 6.54 Å². The molecular formula is C19H19NO3S. The van der Waals surface area contributed by atoms with Gasteiger partial charge in [0.25, 0.3) is 5.91 Å². The normalized spacial score (nSPS) is 13.5. The first-order chi connectivity index (χ1) is 11.5. The van der Waals surface area contributed by atoms with Crippen molar-refractivity contribution in [3.63, 3.8) is 0 Å². The van der Waals surface area contributed by atoms with Gasteiger partial charge in [-0.3, -0.25) is 4.79 Å². The average Bonchev–Trinajstić information content (AvgIpc) is 3.24. The van der Waals surface area contributed by atoms with E-state index in [4.69, 9.17) is 4.42 Å². The van der Waals surface area contributed by atoms with Crippen LogP contribution in [0.15, 0.2) is 58.5 Å². The maximum Gasteiger partial charge on any atom is 0.251 e. The highest BCUT2D eigenvalue weighted by atomic mass is 32.1. The number of hydrogen-bond acceptors (Lipinski definition) is 4. The molecule has 0 aliphatic carbocycles. The van der Waals surface area contributed by atoms with Gasteiger partial charge in [-0.25, -0.2) is 0 Å². The summed E-state index contributed by atoms with van der Waals surface area (Å²) < 4.78 is 5.40. The molecule has 4 nitrogen and oxygen atoms in total. The molecule has 0 radical (unpaired) electrons. The van der Waals surface area contributed by atoms with Crippen LogP contribution < -0.4 is 5.32 Å². The highest BCUT2D eigenvalue weighted by molar-refractivity contribution is 7.10. The second kappa shape index (κ2) is 6.63. The van der Waals surface area contributed by atoms with Crippen LogP contribution in [0.1, 0.15) is 32.1 Å². The molecule has 5 heteroatoms. The lowest BCUT2D eigenvalue weighted by molar-refractivity contribution is 0.0554. The quantitative estimate of drug-likeness (QED) is 0.745. The molecule has 1 atom stereocenters. The number of carbonyl (C=O) groups is 1. The Morgan fingerprint density at radius 3 is 2.54 bits per heavy atom. The van der Waals surface area contributed by atoms with Crippen LogP contribution in [0.4, 0.5) is 0 Å². The van der Waals surface area contributed by atoms with E-state index in [9.17, 15) is 9.90 Å². The van der Waals surface area contributed by atoms with Gasteiger partial charge >= 0.3 is 0 Å². The molecule has 0 aliphatic heterocycles. The van der Waals surface area contributed by atoms with E-state index in [2.05, 4.69) is 5.32 Å². The third kappa shape index (κ3) is 3.27. The first kappa shape index (κ1) is 16.5. The monoisotopic (exact) mass is 341 g/mol. The van der Waals surface area contributed by atoms with Gasteiger partial charge < -0.3 is 14.8 Å². The number of carbonyl (C=O) groups excluding carboxylic acids is 1. The van der Waals surface area contributed by atoms with Crippen LogP contribution in [-0.2, 0) is 5.60 Å². The molecule has 124 valence electrons. The molecule has 3 rings (SSSR count). The summed E-state index contributed by atoms with van der Waals surface area (Å²) in [5.41, 5.74) is 1.26. The van der Waals surface area contributed by atoms with Crippen LogP contribution >= 0.6 is 11.3 Å². The lowest BCUT2D eigenvalue weighted by atomic mass is 9.98. The van der Waals surface area contributed by atoms with Gasteiger partial charge in [-0.1, -0.05) is 23.3 Å². The van der Waals surface area contributed by atoms with E-state index in [-0.39, 0.29) is 12.5 Å². The fraction of sp³-hybridized carbons (Fsp3) is 0.211. The SMILES string of the molecule is Cc1cc(C)cc(C(=O)NCC(O)(c2ccco2)c2cccs2)c1. The molecule has 2 aromatic heterocycles. The molecule has 0 bridgehead atoms. The molecule has 24 heavy (non-hydrogen) atoms. The van der Waals surface area contributed by atoms with Crippen LogP contribution in [0.3, 0.4) is 0 Å². The summed E-state index contributed by atoms with van der Waals surface area (Å²) in [5.74, 6) is 0.189. The fourth-order valence-corrected chi connectivity index (χ4v) is 3.57. The van der Waals surface area contributed by atoms with Gasteiger partial charge in [0.2, 0.25) is 0 Å². The van der Waals surface area contributed by atoms with Gasteiger partial charge in [-0.2, -0.15) is 0 Å². The minimum atomic E-state index is -1.38. The van der Waals surface area contributed by atoms with Crippen molar-refractivity contribution in [1.29, 1.82) is 0 Å². The van der Waals surface area contributed by atoms with E-state index >= 15 is 0 Å². The maximum absolute atomic E-state index is 12.5. The number of aliphatic hydroxyl groups is 1. The van der Waals surface area contributed by atoms with Gasteiger partial charge in [-0.15, -0.1) is 11.3 Å². The number of benzene rings is 1. The molecule has 0 spiro atoms. The second-order valence-electron chi connectivity index (χ2n) is 5.87. The van der Waals surface area contributed by atoms with Crippen LogP contribution in [0, 0.1) is 13.8 Å². The largest absolute Gasteiger partial charge is 0.466 e. The zero-order valence-corrected chi connectivity index (χ0v) is 14.4. The van der Waals surface area contributed by atoms with Crippen LogP contribution in [-0.4, -0.2) is 17.6 Å². The van der Waals surface area contributed by atoms with E-state index in [0.717, 1.165) is 16.0 Å². The van der Waals surface area contributed by atoms with Gasteiger partial charge in [0, 0.05) is 10.4 Å². The van der Waals surface area contributed by atoms with Crippen molar-refractivity contribution in [1.82, 2.24) is 5.32 Å². The lowest BCUT2D eigenvalue weighted by Crippen LogP contribution is -2.41. The lowest BCUT2D eigenvalue weighted by Gasteiger charge is -2.25. The van der Waals surface area contributed by atoms with Crippen LogP contribution in [0.25, 0.3) is 0 Å².